The third-order valence-corrected chi connectivity index (χ3v) is 2.97. The fourth-order valence-electron chi connectivity index (χ4n) is 1.82. The van der Waals surface area contributed by atoms with Gasteiger partial charge in [0.05, 0.1) is 4.92 Å². The Morgan fingerprint density at radius 1 is 1.09 bits per heavy atom. The first kappa shape index (κ1) is 15.3. The van der Waals surface area contributed by atoms with Crippen molar-refractivity contribution in [2.24, 2.45) is 0 Å². The highest BCUT2D eigenvalue weighted by Gasteiger charge is 2.06. The number of carbonyl (C=O) groups excluding carboxylic acids is 1. The molecule has 0 saturated carbocycles. The van der Waals surface area contributed by atoms with E-state index < -0.39 is 4.92 Å². The van der Waals surface area contributed by atoms with Gasteiger partial charge in [0.2, 0.25) is 0 Å². The molecule has 0 spiro atoms. The second-order valence-corrected chi connectivity index (χ2v) is 4.60. The maximum atomic E-state index is 11.7. The summed E-state index contributed by atoms with van der Waals surface area (Å²) >= 11 is 0. The lowest BCUT2D eigenvalue weighted by Gasteiger charge is -2.07. The van der Waals surface area contributed by atoms with Crippen molar-refractivity contribution in [3.63, 3.8) is 0 Å². The van der Waals surface area contributed by atoms with Gasteiger partial charge in [-0.2, -0.15) is 0 Å². The highest BCUT2D eigenvalue weighted by atomic mass is 16.6. The Kier molecular flexibility index (Phi) is 4.92. The number of anilines is 1. The van der Waals surface area contributed by atoms with Gasteiger partial charge in [0.1, 0.15) is 5.75 Å². The molecule has 0 aliphatic rings. The number of nitro benzene ring substituents is 1. The van der Waals surface area contributed by atoms with Crippen LogP contribution in [0.5, 0.6) is 5.75 Å². The number of nitrogens with one attached hydrogen (secondary N) is 2. The van der Waals surface area contributed by atoms with E-state index in [9.17, 15) is 14.9 Å². The maximum Gasteiger partial charge on any atom is 0.319 e. The summed E-state index contributed by atoms with van der Waals surface area (Å²) in [6, 6.07) is 12.0. The molecule has 2 aromatic carbocycles. The number of amides is 2. The molecule has 2 aromatic rings. The van der Waals surface area contributed by atoms with E-state index in [-0.39, 0.29) is 17.5 Å². The van der Waals surface area contributed by atoms with Gasteiger partial charge in [-0.1, -0.05) is 12.1 Å². The number of nitro groups is 1. The molecular formula is C15H15N3O4. The normalized spacial score (nSPS) is 10.0. The van der Waals surface area contributed by atoms with Crippen LogP contribution in [0.4, 0.5) is 16.2 Å². The molecule has 0 bridgehead atoms. The molecule has 114 valence electrons. The minimum absolute atomic E-state index is 0.0294. The van der Waals surface area contributed by atoms with Crippen molar-refractivity contribution < 1.29 is 14.8 Å². The van der Waals surface area contributed by atoms with Gasteiger partial charge in [0, 0.05) is 24.4 Å². The van der Waals surface area contributed by atoms with Gasteiger partial charge in [0.15, 0.2) is 0 Å². The first-order chi connectivity index (χ1) is 10.5. The molecule has 0 radical (unpaired) electrons. The van der Waals surface area contributed by atoms with E-state index in [2.05, 4.69) is 10.6 Å². The smallest absolute Gasteiger partial charge is 0.319 e. The number of benzene rings is 2. The number of phenols is 1. The first-order valence-corrected chi connectivity index (χ1v) is 6.62. The zero-order chi connectivity index (χ0) is 15.9. The molecule has 7 heteroatoms. The predicted molar refractivity (Wildman–Crippen MR) is 81.9 cm³/mol. The van der Waals surface area contributed by atoms with E-state index in [1.54, 1.807) is 24.3 Å². The second kappa shape index (κ2) is 7.07. The summed E-state index contributed by atoms with van der Waals surface area (Å²) in [6.45, 7) is 0.434. The van der Waals surface area contributed by atoms with Gasteiger partial charge in [-0.05, 0) is 36.2 Å². The van der Waals surface area contributed by atoms with Crippen LogP contribution in [-0.2, 0) is 6.42 Å². The van der Waals surface area contributed by atoms with Gasteiger partial charge in [-0.3, -0.25) is 10.1 Å². The van der Waals surface area contributed by atoms with E-state index in [4.69, 9.17) is 5.11 Å². The summed E-state index contributed by atoms with van der Waals surface area (Å²) in [5.41, 5.74) is 1.44. The van der Waals surface area contributed by atoms with Crippen LogP contribution in [0.2, 0.25) is 0 Å². The summed E-state index contributed by atoms with van der Waals surface area (Å²) in [6.07, 6.45) is 0.633. The Morgan fingerprint density at radius 2 is 1.73 bits per heavy atom. The SMILES string of the molecule is O=C(NCCc1ccc(O)cc1)Nc1ccc([N+](=O)[O-])cc1. The third-order valence-electron chi connectivity index (χ3n) is 2.97. The van der Waals surface area contributed by atoms with Gasteiger partial charge >= 0.3 is 6.03 Å². The second-order valence-electron chi connectivity index (χ2n) is 4.60. The molecule has 0 unspecified atom stereocenters. The quantitative estimate of drug-likeness (QED) is 0.583. The molecule has 0 aromatic heterocycles. The van der Waals surface area contributed by atoms with E-state index >= 15 is 0 Å². The van der Waals surface area contributed by atoms with Crippen LogP contribution in [-0.4, -0.2) is 22.6 Å². The third kappa shape index (κ3) is 4.48. The molecule has 2 amide bonds. The van der Waals surface area contributed by atoms with E-state index in [0.29, 0.717) is 18.7 Å². The number of phenolic OH excluding ortho intramolecular Hbond substituents is 1. The summed E-state index contributed by atoms with van der Waals surface area (Å²) in [5, 5.41) is 25.0. The lowest BCUT2D eigenvalue weighted by atomic mass is 10.1. The van der Waals surface area contributed by atoms with Crippen LogP contribution >= 0.6 is 0 Å². The van der Waals surface area contributed by atoms with Crippen molar-refractivity contribution in [1.82, 2.24) is 5.32 Å². The number of nitrogens with zero attached hydrogens (tertiary/aromatic N) is 1. The molecule has 0 aliphatic heterocycles. The largest absolute Gasteiger partial charge is 0.508 e. The lowest BCUT2D eigenvalue weighted by Crippen LogP contribution is -2.30. The van der Waals surface area contributed by atoms with Crippen molar-refractivity contribution in [2.75, 3.05) is 11.9 Å². The van der Waals surface area contributed by atoms with E-state index in [1.165, 1.54) is 24.3 Å². The summed E-state index contributed by atoms with van der Waals surface area (Å²) in [4.78, 5) is 21.7. The molecule has 0 fully saturated rings. The Hall–Kier alpha value is -3.09. The van der Waals surface area contributed by atoms with Crippen LogP contribution in [0.3, 0.4) is 0 Å². The number of rotatable bonds is 5. The number of carbonyl (C=O) groups is 1. The highest BCUT2D eigenvalue weighted by Crippen LogP contribution is 2.15. The van der Waals surface area contributed by atoms with Gasteiger partial charge in [-0.15, -0.1) is 0 Å². The fraction of sp³-hybridized carbons (Fsp3) is 0.133. The topological polar surface area (TPSA) is 104 Å². The molecule has 0 atom stereocenters. The molecule has 0 saturated heterocycles. The number of hydrogen-bond acceptors (Lipinski definition) is 4. The zero-order valence-electron chi connectivity index (χ0n) is 11.7. The van der Waals surface area contributed by atoms with Crippen molar-refractivity contribution in [3.8, 4) is 5.75 Å². The number of aromatic hydroxyl groups is 1. The number of non-ortho nitro benzene ring substituents is 1. The summed E-state index contributed by atoms with van der Waals surface area (Å²) in [7, 11) is 0. The minimum Gasteiger partial charge on any atom is -0.508 e. The van der Waals surface area contributed by atoms with Crippen LogP contribution < -0.4 is 10.6 Å². The van der Waals surface area contributed by atoms with E-state index in [1.807, 2.05) is 0 Å². The summed E-state index contributed by atoms with van der Waals surface area (Å²) in [5.74, 6) is 0.202. The molecular weight excluding hydrogens is 286 g/mol. The number of urea groups is 1. The van der Waals surface area contributed by atoms with Crippen molar-refractivity contribution in [3.05, 3.63) is 64.2 Å². The van der Waals surface area contributed by atoms with Crippen molar-refractivity contribution >= 4 is 17.4 Å². The molecule has 2 rings (SSSR count). The standard InChI is InChI=1S/C15H15N3O4/c19-14-7-1-11(2-8-14)9-10-16-15(20)17-12-3-5-13(6-4-12)18(21)22/h1-8,19H,9-10H2,(H2,16,17,20). The van der Waals surface area contributed by atoms with E-state index in [0.717, 1.165) is 5.56 Å². The molecule has 7 nitrogen and oxygen atoms in total. The van der Waals surface area contributed by atoms with Crippen molar-refractivity contribution in [2.45, 2.75) is 6.42 Å². The Balaban J connectivity index is 1.77. The Bertz CT molecular complexity index is 653. The van der Waals surface area contributed by atoms with Crippen molar-refractivity contribution in [1.29, 1.82) is 0 Å². The van der Waals surface area contributed by atoms with Gasteiger partial charge in [0.25, 0.3) is 5.69 Å². The molecule has 3 N–H and O–H groups in total. The fourth-order valence-corrected chi connectivity index (χ4v) is 1.82. The van der Waals surface area contributed by atoms with Gasteiger partial charge < -0.3 is 15.7 Å². The average Bonchev–Trinajstić information content (AvgIpc) is 2.50. The maximum absolute atomic E-state index is 11.7. The van der Waals surface area contributed by atoms with Crippen LogP contribution in [0.25, 0.3) is 0 Å². The molecule has 0 aliphatic carbocycles. The predicted octanol–water partition coefficient (Wildman–Crippen LogP) is 2.66. The average molecular weight is 301 g/mol. The number of hydrogen-bond donors (Lipinski definition) is 3. The zero-order valence-corrected chi connectivity index (χ0v) is 11.7. The molecule has 0 heterocycles. The van der Waals surface area contributed by atoms with Gasteiger partial charge in [-0.25, -0.2) is 4.79 Å². The lowest BCUT2D eigenvalue weighted by molar-refractivity contribution is -0.384. The minimum atomic E-state index is -0.499. The summed E-state index contributed by atoms with van der Waals surface area (Å²) < 4.78 is 0. The highest BCUT2D eigenvalue weighted by molar-refractivity contribution is 5.89. The monoisotopic (exact) mass is 301 g/mol. The van der Waals surface area contributed by atoms with Crippen LogP contribution in [0.15, 0.2) is 48.5 Å². The molecule has 22 heavy (non-hydrogen) atoms. The van der Waals surface area contributed by atoms with Crippen LogP contribution in [0.1, 0.15) is 5.56 Å². The van der Waals surface area contributed by atoms with Crippen LogP contribution in [0, 0.1) is 10.1 Å². The first-order valence-electron chi connectivity index (χ1n) is 6.62. The Morgan fingerprint density at radius 3 is 2.32 bits per heavy atom. The Labute approximate surface area is 126 Å².